The maximum absolute atomic E-state index is 14.1. The van der Waals surface area contributed by atoms with Gasteiger partial charge in [-0.25, -0.2) is 4.79 Å². The standard InChI is InChI=1S/C31H41N3O5/c1-9-19-34(29(36)26(20-21(3)4)33-30(37)39-31(5,6)7)27(23-13-11-22(10-2)12-14-23)28(35)32-24-15-17-25(38-8)18-16-24/h2,11-18,21,26-27H,9,19-20H2,1,3-8H3,(H,32,35)(H,33,37). The summed E-state index contributed by atoms with van der Waals surface area (Å²) in [5.41, 5.74) is 1.09. The summed E-state index contributed by atoms with van der Waals surface area (Å²) in [5, 5.41) is 5.67. The van der Waals surface area contributed by atoms with Crippen LogP contribution in [0, 0.1) is 18.3 Å². The molecule has 2 rings (SSSR count). The number of terminal acetylenes is 1. The van der Waals surface area contributed by atoms with Crippen molar-refractivity contribution >= 4 is 23.6 Å². The maximum Gasteiger partial charge on any atom is 0.408 e. The van der Waals surface area contributed by atoms with Crippen LogP contribution >= 0.6 is 0 Å². The van der Waals surface area contributed by atoms with Crippen molar-refractivity contribution in [2.75, 3.05) is 19.0 Å². The second-order valence-corrected chi connectivity index (χ2v) is 10.7. The van der Waals surface area contributed by atoms with Gasteiger partial charge >= 0.3 is 6.09 Å². The number of carbonyl (C=O) groups is 3. The van der Waals surface area contributed by atoms with Crippen LogP contribution in [-0.4, -0.2) is 48.1 Å². The van der Waals surface area contributed by atoms with Crippen LogP contribution in [0.3, 0.4) is 0 Å². The highest BCUT2D eigenvalue weighted by molar-refractivity contribution is 5.99. The van der Waals surface area contributed by atoms with Gasteiger partial charge in [0.1, 0.15) is 23.4 Å². The largest absolute Gasteiger partial charge is 0.497 e. The molecule has 0 aliphatic carbocycles. The van der Waals surface area contributed by atoms with E-state index in [9.17, 15) is 14.4 Å². The van der Waals surface area contributed by atoms with Gasteiger partial charge in [0.25, 0.3) is 5.91 Å². The molecule has 0 fully saturated rings. The van der Waals surface area contributed by atoms with Crippen molar-refractivity contribution in [3.05, 3.63) is 59.7 Å². The molecule has 0 saturated carbocycles. The zero-order valence-electron chi connectivity index (χ0n) is 24.0. The van der Waals surface area contributed by atoms with E-state index in [2.05, 4.69) is 16.6 Å². The first-order valence-corrected chi connectivity index (χ1v) is 13.2. The molecule has 2 atom stereocenters. The Morgan fingerprint density at radius 3 is 2.13 bits per heavy atom. The second kappa shape index (κ2) is 14.2. The van der Waals surface area contributed by atoms with Gasteiger partial charge in [-0.1, -0.05) is 38.8 Å². The van der Waals surface area contributed by atoms with E-state index in [1.54, 1.807) is 76.4 Å². The summed E-state index contributed by atoms with van der Waals surface area (Å²) < 4.78 is 10.6. The average Bonchev–Trinajstić information content (AvgIpc) is 2.87. The van der Waals surface area contributed by atoms with Gasteiger partial charge in [-0.15, -0.1) is 6.42 Å². The number of alkyl carbamates (subject to hydrolysis) is 1. The molecule has 2 aromatic rings. The van der Waals surface area contributed by atoms with E-state index in [4.69, 9.17) is 15.9 Å². The molecule has 2 unspecified atom stereocenters. The Morgan fingerprint density at radius 1 is 1.03 bits per heavy atom. The topological polar surface area (TPSA) is 97.0 Å². The van der Waals surface area contributed by atoms with E-state index in [1.165, 1.54) is 4.90 Å². The van der Waals surface area contributed by atoms with Crippen LogP contribution in [0.4, 0.5) is 10.5 Å². The molecule has 210 valence electrons. The van der Waals surface area contributed by atoms with Crippen LogP contribution in [0.2, 0.25) is 0 Å². The first kappa shape index (κ1) is 31.2. The van der Waals surface area contributed by atoms with Crippen molar-refractivity contribution in [3.8, 4) is 18.1 Å². The average molecular weight is 536 g/mol. The molecule has 0 spiro atoms. The molecular formula is C31H41N3O5. The molecule has 0 aliphatic rings. The number of rotatable bonds is 11. The van der Waals surface area contributed by atoms with E-state index >= 15 is 0 Å². The summed E-state index contributed by atoms with van der Waals surface area (Å²) in [6, 6.07) is 12.1. The van der Waals surface area contributed by atoms with Crippen molar-refractivity contribution in [1.29, 1.82) is 0 Å². The van der Waals surface area contributed by atoms with Crippen molar-refractivity contribution in [2.24, 2.45) is 5.92 Å². The van der Waals surface area contributed by atoms with Crippen LogP contribution in [-0.2, 0) is 14.3 Å². The Bertz CT molecular complexity index is 1140. The predicted molar refractivity (Wildman–Crippen MR) is 153 cm³/mol. The fraction of sp³-hybridized carbons (Fsp3) is 0.452. The third-order valence-corrected chi connectivity index (χ3v) is 5.75. The van der Waals surface area contributed by atoms with Gasteiger partial charge in [0.2, 0.25) is 5.91 Å². The lowest BCUT2D eigenvalue weighted by Crippen LogP contribution is -2.53. The zero-order chi connectivity index (χ0) is 29.2. The molecule has 0 radical (unpaired) electrons. The molecule has 3 amide bonds. The molecule has 0 aliphatic heterocycles. The minimum absolute atomic E-state index is 0.0962. The minimum Gasteiger partial charge on any atom is -0.497 e. The van der Waals surface area contributed by atoms with Crippen molar-refractivity contribution in [1.82, 2.24) is 10.2 Å². The first-order valence-electron chi connectivity index (χ1n) is 13.2. The third-order valence-electron chi connectivity index (χ3n) is 5.75. The van der Waals surface area contributed by atoms with Gasteiger partial charge in [0, 0.05) is 17.8 Å². The summed E-state index contributed by atoms with van der Waals surface area (Å²) in [5.74, 6) is 2.57. The Labute approximate surface area is 232 Å². The fourth-order valence-corrected chi connectivity index (χ4v) is 4.07. The molecule has 39 heavy (non-hydrogen) atoms. The van der Waals surface area contributed by atoms with E-state index < -0.39 is 29.7 Å². The quantitative estimate of drug-likeness (QED) is 0.369. The predicted octanol–water partition coefficient (Wildman–Crippen LogP) is 5.53. The summed E-state index contributed by atoms with van der Waals surface area (Å²) in [4.78, 5) is 42.1. The number of anilines is 1. The van der Waals surface area contributed by atoms with Crippen LogP contribution in [0.25, 0.3) is 0 Å². The molecule has 8 heteroatoms. The lowest BCUT2D eigenvalue weighted by Gasteiger charge is -2.35. The van der Waals surface area contributed by atoms with E-state index in [-0.39, 0.29) is 11.8 Å². The number of nitrogens with one attached hydrogen (secondary N) is 2. The van der Waals surface area contributed by atoms with Crippen LogP contribution in [0.5, 0.6) is 5.75 Å². The number of methoxy groups -OCH3 is 1. The van der Waals surface area contributed by atoms with Crippen LogP contribution < -0.4 is 15.4 Å². The number of carbonyl (C=O) groups excluding carboxylic acids is 3. The number of amides is 3. The first-order chi connectivity index (χ1) is 18.4. The van der Waals surface area contributed by atoms with Crippen LogP contribution in [0.1, 0.15) is 71.6 Å². The van der Waals surface area contributed by atoms with Gasteiger partial charge in [-0.2, -0.15) is 0 Å². The number of benzene rings is 2. The Balaban J connectivity index is 2.49. The van der Waals surface area contributed by atoms with Crippen molar-refractivity contribution < 1.29 is 23.9 Å². The van der Waals surface area contributed by atoms with Crippen molar-refractivity contribution in [3.63, 3.8) is 0 Å². The summed E-state index contributed by atoms with van der Waals surface area (Å²) >= 11 is 0. The normalized spacial score (nSPS) is 12.6. The molecule has 0 aromatic heterocycles. The third kappa shape index (κ3) is 9.68. The van der Waals surface area contributed by atoms with E-state index in [1.807, 2.05) is 20.8 Å². The SMILES string of the molecule is C#Cc1ccc(C(C(=O)Nc2ccc(OC)cc2)N(CCC)C(=O)C(CC(C)C)NC(=O)OC(C)(C)C)cc1. The Kier molecular flexibility index (Phi) is 11.4. The Hall–Kier alpha value is -3.99. The number of hydrogen-bond donors (Lipinski definition) is 2. The lowest BCUT2D eigenvalue weighted by molar-refractivity contribution is -0.141. The van der Waals surface area contributed by atoms with Gasteiger partial charge in [-0.3, -0.25) is 9.59 Å². The van der Waals surface area contributed by atoms with Gasteiger partial charge in [-0.05, 0) is 81.5 Å². The number of nitrogens with zero attached hydrogens (tertiary/aromatic N) is 1. The number of hydrogen-bond acceptors (Lipinski definition) is 5. The molecule has 8 nitrogen and oxygen atoms in total. The highest BCUT2D eigenvalue weighted by atomic mass is 16.6. The summed E-state index contributed by atoms with van der Waals surface area (Å²) in [6.07, 6.45) is 5.83. The molecule has 0 saturated heterocycles. The smallest absolute Gasteiger partial charge is 0.408 e. The molecule has 0 heterocycles. The monoisotopic (exact) mass is 535 g/mol. The highest BCUT2D eigenvalue weighted by Crippen LogP contribution is 2.27. The Morgan fingerprint density at radius 2 is 1.64 bits per heavy atom. The second-order valence-electron chi connectivity index (χ2n) is 10.7. The van der Waals surface area contributed by atoms with Gasteiger partial charge in [0.15, 0.2) is 0 Å². The van der Waals surface area contributed by atoms with Crippen molar-refractivity contribution in [2.45, 2.75) is 72.1 Å². The molecule has 2 aromatic carbocycles. The molecule has 2 N–H and O–H groups in total. The molecule has 0 bridgehead atoms. The zero-order valence-corrected chi connectivity index (χ0v) is 24.0. The fourth-order valence-electron chi connectivity index (χ4n) is 4.07. The maximum atomic E-state index is 14.1. The van der Waals surface area contributed by atoms with Gasteiger partial charge in [0.05, 0.1) is 7.11 Å². The lowest BCUT2D eigenvalue weighted by atomic mass is 9.98. The number of ether oxygens (including phenoxy) is 2. The minimum atomic E-state index is -0.971. The van der Waals surface area contributed by atoms with Gasteiger partial charge < -0.3 is 25.0 Å². The van der Waals surface area contributed by atoms with E-state index in [0.29, 0.717) is 42.0 Å². The summed E-state index contributed by atoms with van der Waals surface area (Å²) in [7, 11) is 1.57. The van der Waals surface area contributed by atoms with Crippen LogP contribution in [0.15, 0.2) is 48.5 Å². The summed E-state index contributed by atoms with van der Waals surface area (Å²) in [6.45, 7) is 11.4. The highest BCUT2D eigenvalue weighted by Gasteiger charge is 2.36. The van der Waals surface area contributed by atoms with E-state index in [0.717, 1.165) is 0 Å². The molecular weight excluding hydrogens is 494 g/mol.